The number of fused-ring (bicyclic) bond motifs is 1. The van der Waals surface area contributed by atoms with Crippen LogP contribution in [0.5, 0.6) is 11.5 Å². The number of ether oxygens (including phenoxy) is 3. The third kappa shape index (κ3) is 6.76. The van der Waals surface area contributed by atoms with E-state index in [4.69, 9.17) is 16.3 Å². The van der Waals surface area contributed by atoms with Gasteiger partial charge in [0.1, 0.15) is 29.2 Å². The number of allylic oxidation sites excluding steroid dienone is 1. The fourth-order valence-electron chi connectivity index (χ4n) is 4.34. The van der Waals surface area contributed by atoms with Gasteiger partial charge >= 0.3 is 12.6 Å². The number of hydrogen-bond acceptors (Lipinski definition) is 6. The predicted molar refractivity (Wildman–Crippen MR) is 145 cm³/mol. The molecule has 0 aromatic heterocycles. The smallest absolute Gasteiger partial charge is 0.387 e. The number of sulfonamides is 1. The number of nitrogens with zero attached hydrogens (tertiary/aromatic N) is 1. The van der Waals surface area contributed by atoms with Crippen molar-refractivity contribution in [3.8, 4) is 11.5 Å². The molecule has 1 unspecified atom stereocenters. The van der Waals surface area contributed by atoms with Gasteiger partial charge in [-0.1, -0.05) is 23.7 Å². The molecular weight excluding hydrogens is 590 g/mol. The monoisotopic (exact) mass is 613 g/mol. The van der Waals surface area contributed by atoms with Crippen molar-refractivity contribution in [3.63, 3.8) is 0 Å². The SMILES string of the molecule is COC(=O)CCC1CN(S(=O)(=O)c2cccc(OC(F)F)c2)c2cc(C=C(C)c3c(F)cccc3Cl)c(F)cc2O1. The van der Waals surface area contributed by atoms with Gasteiger partial charge in [-0.2, -0.15) is 8.78 Å². The van der Waals surface area contributed by atoms with E-state index in [-0.39, 0.29) is 63.2 Å². The topological polar surface area (TPSA) is 82.1 Å². The Kier molecular flexibility index (Phi) is 9.13. The van der Waals surface area contributed by atoms with Crippen molar-refractivity contribution in [2.24, 2.45) is 0 Å². The number of hydrogen-bond donors (Lipinski definition) is 0. The molecule has 1 atom stereocenters. The molecular formula is C28H24ClF4NO6S. The zero-order chi connectivity index (χ0) is 29.9. The molecule has 13 heteroatoms. The van der Waals surface area contributed by atoms with Crippen molar-refractivity contribution in [1.29, 1.82) is 0 Å². The van der Waals surface area contributed by atoms with Crippen molar-refractivity contribution in [3.05, 3.63) is 82.4 Å². The van der Waals surface area contributed by atoms with Crippen LogP contribution < -0.4 is 13.8 Å². The van der Waals surface area contributed by atoms with Gasteiger partial charge in [-0.25, -0.2) is 17.2 Å². The van der Waals surface area contributed by atoms with Crippen LogP contribution in [0.3, 0.4) is 0 Å². The largest absolute Gasteiger partial charge is 0.486 e. The van der Waals surface area contributed by atoms with Crippen molar-refractivity contribution >= 4 is 44.9 Å². The number of methoxy groups -OCH3 is 1. The Morgan fingerprint density at radius 2 is 1.88 bits per heavy atom. The van der Waals surface area contributed by atoms with Gasteiger partial charge in [0.15, 0.2) is 0 Å². The Hall–Kier alpha value is -3.77. The highest BCUT2D eigenvalue weighted by molar-refractivity contribution is 7.92. The van der Waals surface area contributed by atoms with Crippen LogP contribution in [0, 0.1) is 11.6 Å². The van der Waals surface area contributed by atoms with E-state index in [0.29, 0.717) is 0 Å². The average Bonchev–Trinajstić information content (AvgIpc) is 2.91. The predicted octanol–water partition coefficient (Wildman–Crippen LogP) is 6.69. The molecule has 3 aromatic carbocycles. The summed E-state index contributed by atoms with van der Waals surface area (Å²) in [5.74, 6) is -2.49. The van der Waals surface area contributed by atoms with Gasteiger partial charge in [0.05, 0.1) is 29.3 Å². The second-order valence-corrected chi connectivity index (χ2v) is 11.3. The number of halogens is 5. The van der Waals surface area contributed by atoms with E-state index < -0.39 is 40.3 Å². The lowest BCUT2D eigenvalue weighted by atomic mass is 10.0. The Morgan fingerprint density at radius 3 is 2.56 bits per heavy atom. The second kappa shape index (κ2) is 12.4. The van der Waals surface area contributed by atoms with E-state index in [1.54, 1.807) is 0 Å². The molecule has 0 bridgehead atoms. The van der Waals surface area contributed by atoms with Crippen LogP contribution in [0.2, 0.25) is 5.02 Å². The zero-order valence-corrected chi connectivity index (χ0v) is 23.3. The molecule has 0 saturated carbocycles. The standard InChI is InChI=1S/C28H24ClF4NO6S/c1-16(27-21(29)7-4-8-22(27)30)11-17-12-24-25(14-23(17)31)39-19(9-10-26(35)38-2)15-34(24)41(36,37)20-6-3-5-18(13-20)40-28(32)33/h3-8,11-14,19,28H,9-10,15H2,1-2H3. The molecule has 1 aliphatic heterocycles. The first-order valence-corrected chi connectivity index (χ1v) is 14.0. The summed E-state index contributed by atoms with van der Waals surface area (Å²) in [5, 5.41) is 0.101. The lowest BCUT2D eigenvalue weighted by Gasteiger charge is -2.35. The Bertz CT molecular complexity index is 1580. The molecule has 0 amide bonds. The molecule has 0 N–H and O–H groups in total. The third-order valence-electron chi connectivity index (χ3n) is 6.26. The molecule has 218 valence electrons. The lowest BCUT2D eigenvalue weighted by molar-refractivity contribution is -0.141. The molecule has 0 aliphatic carbocycles. The summed E-state index contributed by atoms with van der Waals surface area (Å²) in [6.45, 7) is -1.95. The number of anilines is 1. The highest BCUT2D eigenvalue weighted by atomic mass is 35.5. The van der Waals surface area contributed by atoms with Gasteiger partial charge in [-0.3, -0.25) is 9.10 Å². The van der Waals surface area contributed by atoms with Gasteiger partial charge in [-0.15, -0.1) is 0 Å². The van der Waals surface area contributed by atoms with Crippen LogP contribution in [0.25, 0.3) is 11.6 Å². The lowest BCUT2D eigenvalue weighted by Crippen LogP contribution is -2.43. The number of alkyl halides is 2. The molecule has 0 saturated heterocycles. The van der Waals surface area contributed by atoms with E-state index >= 15 is 4.39 Å². The maximum atomic E-state index is 15.3. The minimum absolute atomic E-state index is 0.0425. The van der Waals surface area contributed by atoms with Gasteiger partial charge in [0.2, 0.25) is 0 Å². The molecule has 0 fully saturated rings. The van der Waals surface area contributed by atoms with Crippen LogP contribution in [-0.4, -0.2) is 40.8 Å². The highest BCUT2D eigenvalue weighted by Crippen LogP contribution is 2.41. The van der Waals surface area contributed by atoms with Gasteiger partial charge in [0.25, 0.3) is 10.0 Å². The van der Waals surface area contributed by atoms with Crippen LogP contribution in [0.15, 0.2) is 59.5 Å². The summed E-state index contributed by atoms with van der Waals surface area (Å²) in [7, 11) is -3.25. The summed E-state index contributed by atoms with van der Waals surface area (Å²) in [4.78, 5) is 11.3. The number of rotatable bonds is 9. The first kappa shape index (κ1) is 30.2. The molecule has 3 aromatic rings. The van der Waals surface area contributed by atoms with Gasteiger partial charge in [-0.05, 0) is 55.3 Å². The Balaban J connectivity index is 1.81. The summed E-state index contributed by atoms with van der Waals surface area (Å²) < 4.78 is 98.7. The first-order valence-electron chi connectivity index (χ1n) is 12.2. The van der Waals surface area contributed by atoms with Gasteiger partial charge in [0, 0.05) is 29.7 Å². The van der Waals surface area contributed by atoms with E-state index in [9.17, 15) is 26.4 Å². The van der Waals surface area contributed by atoms with Crippen molar-refractivity contribution < 1.29 is 45.0 Å². The van der Waals surface area contributed by atoms with E-state index in [1.165, 1.54) is 62.6 Å². The molecule has 0 spiro atoms. The van der Waals surface area contributed by atoms with E-state index in [2.05, 4.69) is 9.47 Å². The van der Waals surface area contributed by atoms with Crippen molar-refractivity contribution in [2.75, 3.05) is 18.0 Å². The first-order chi connectivity index (χ1) is 19.4. The molecule has 1 aliphatic rings. The molecule has 7 nitrogen and oxygen atoms in total. The fraction of sp³-hybridized carbons (Fsp3) is 0.250. The van der Waals surface area contributed by atoms with Crippen molar-refractivity contribution in [1.82, 2.24) is 0 Å². The molecule has 1 heterocycles. The molecule has 0 radical (unpaired) electrons. The van der Waals surface area contributed by atoms with Gasteiger partial charge < -0.3 is 14.2 Å². The Morgan fingerprint density at radius 1 is 1.15 bits per heavy atom. The van der Waals surface area contributed by atoms with Crippen LogP contribution in [0.4, 0.5) is 23.2 Å². The van der Waals surface area contributed by atoms with E-state index in [1.807, 2.05) is 0 Å². The summed E-state index contributed by atoms with van der Waals surface area (Å²) in [5.41, 5.74) is 0.170. The molecule has 41 heavy (non-hydrogen) atoms. The highest BCUT2D eigenvalue weighted by Gasteiger charge is 2.36. The average molecular weight is 614 g/mol. The van der Waals surface area contributed by atoms with Crippen LogP contribution in [-0.2, 0) is 19.6 Å². The summed E-state index contributed by atoms with van der Waals surface area (Å²) in [6, 6.07) is 10.8. The maximum absolute atomic E-state index is 15.3. The Labute approximate surface area is 238 Å². The maximum Gasteiger partial charge on any atom is 0.387 e. The number of benzene rings is 3. The minimum atomic E-state index is -4.45. The normalized spacial score (nSPS) is 15.4. The zero-order valence-electron chi connectivity index (χ0n) is 21.7. The van der Waals surface area contributed by atoms with Crippen molar-refractivity contribution in [2.45, 2.75) is 37.4 Å². The fourth-order valence-corrected chi connectivity index (χ4v) is 6.18. The van der Waals surface area contributed by atoms with E-state index in [0.717, 1.165) is 16.4 Å². The third-order valence-corrected chi connectivity index (χ3v) is 8.35. The van der Waals surface area contributed by atoms with Crippen LogP contribution >= 0.6 is 11.6 Å². The molecule has 4 rings (SSSR count). The van der Waals surface area contributed by atoms with Crippen LogP contribution in [0.1, 0.15) is 30.9 Å². The summed E-state index contributed by atoms with van der Waals surface area (Å²) >= 11 is 6.15. The second-order valence-electron chi connectivity index (χ2n) is 9.01. The number of esters is 1. The summed E-state index contributed by atoms with van der Waals surface area (Å²) in [6.07, 6.45) is 0.372. The number of carbonyl (C=O) groups excluding carboxylic acids is 1. The minimum Gasteiger partial charge on any atom is -0.486 e. The number of carbonyl (C=O) groups is 1. The quantitative estimate of drug-likeness (QED) is 0.152.